The predicted molar refractivity (Wildman–Crippen MR) is 100 cm³/mol. The molecule has 0 aliphatic carbocycles. The van der Waals surface area contributed by atoms with E-state index in [1.807, 2.05) is 0 Å². The molecule has 3 aromatic rings. The molecule has 0 bridgehead atoms. The smallest absolute Gasteiger partial charge is 0.342 e. The van der Waals surface area contributed by atoms with Crippen molar-refractivity contribution < 1.29 is 23.7 Å². The summed E-state index contributed by atoms with van der Waals surface area (Å²) in [7, 11) is 0. The minimum Gasteiger partial charge on any atom is -0.472 e. The second kappa shape index (κ2) is 8.36. The first kappa shape index (κ1) is 19.1. The summed E-state index contributed by atoms with van der Waals surface area (Å²) in [5, 5.41) is 13.5. The quantitative estimate of drug-likeness (QED) is 0.373. The van der Waals surface area contributed by atoms with Gasteiger partial charge >= 0.3 is 5.97 Å². The van der Waals surface area contributed by atoms with Crippen molar-refractivity contribution in [2.45, 2.75) is 6.10 Å². The molecule has 0 radical (unpaired) electrons. The molecule has 0 aliphatic rings. The molecule has 0 aliphatic heterocycles. The molecular formula is C19H13ClN2O6. The Hall–Kier alpha value is -3.65. The van der Waals surface area contributed by atoms with Crippen LogP contribution in [-0.2, 0) is 9.53 Å². The maximum absolute atomic E-state index is 12.8. The summed E-state index contributed by atoms with van der Waals surface area (Å²) >= 11 is 5.78. The van der Waals surface area contributed by atoms with Crippen molar-refractivity contribution in [1.29, 1.82) is 0 Å². The van der Waals surface area contributed by atoms with Gasteiger partial charge in [0.1, 0.15) is 11.3 Å². The lowest BCUT2D eigenvalue weighted by Crippen LogP contribution is -2.25. The summed E-state index contributed by atoms with van der Waals surface area (Å²) < 4.78 is 10.2. The van der Waals surface area contributed by atoms with Gasteiger partial charge < -0.3 is 14.5 Å². The van der Waals surface area contributed by atoms with Crippen LogP contribution in [0.4, 0.5) is 11.4 Å². The lowest BCUT2D eigenvalue weighted by Gasteiger charge is -2.17. The SMILES string of the molecule is O=C(OC(C(=O)Nc1ccc(Cl)c([N+](=O)[O-])c1)c1ccccc1)c1ccoc1. The summed E-state index contributed by atoms with van der Waals surface area (Å²) in [6.07, 6.45) is 1.23. The summed E-state index contributed by atoms with van der Waals surface area (Å²) in [4.78, 5) is 35.4. The summed E-state index contributed by atoms with van der Waals surface area (Å²) in [6.45, 7) is 0. The van der Waals surface area contributed by atoms with Crippen LogP contribution < -0.4 is 5.32 Å². The van der Waals surface area contributed by atoms with Gasteiger partial charge in [0.05, 0.1) is 16.7 Å². The molecule has 1 N–H and O–H groups in total. The third-order valence-corrected chi connectivity index (χ3v) is 4.05. The Balaban J connectivity index is 1.86. The molecule has 8 nitrogen and oxygen atoms in total. The van der Waals surface area contributed by atoms with Crippen LogP contribution in [0.3, 0.4) is 0 Å². The first-order valence-corrected chi connectivity index (χ1v) is 8.36. The highest BCUT2D eigenvalue weighted by molar-refractivity contribution is 6.32. The van der Waals surface area contributed by atoms with Crippen molar-refractivity contribution in [3.05, 3.63) is 93.4 Å². The molecule has 9 heteroatoms. The number of esters is 1. The van der Waals surface area contributed by atoms with E-state index in [0.29, 0.717) is 5.56 Å². The average Bonchev–Trinajstić information content (AvgIpc) is 3.22. The number of amides is 1. The lowest BCUT2D eigenvalue weighted by atomic mass is 10.1. The van der Waals surface area contributed by atoms with Gasteiger partial charge in [0.2, 0.25) is 6.10 Å². The van der Waals surface area contributed by atoms with E-state index in [1.54, 1.807) is 30.3 Å². The Morgan fingerprint density at radius 1 is 1.14 bits per heavy atom. The third kappa shape index (κ3) is 4.36. The van der Waals surface area contributed by atoms with Crippen molar-refractivity contribution in [3.8, 4) is 0 Å². The number of benzene rings is 2. The van der Waals surface area contributed by atoms with Gasteiger partial charge in [0.15, 0.2) is 0 Å². The van der Waals surface area contributed by atoms with E-state index in [-0.39, 0.29) is 22.0 Å². The van der Waals surface area contributed by atoms with Gasteiger partial charge in [-0.2, -0.15) is 0 Å². The molecule has 1 heterocycles. The number of rotatable bonds is 6. The zero-order valence-electron chi connectivity index (χ0n) is 14.2. The van der Waals surface area contributed by atoms with Crippen molar-refractivity contribution in [2.24, 2.45) is 0 Å². The maximum Gasteiger partial charge on any atom is 0.342 e. The zero-order valence-corrected chi connectivity index (χ0v) is 15.0. The van der Waals surface area contributed by atoms with E-state index >= 15 is 0 Å². The number of hydrogen-bond donors (Lipinski definition) is 1. The fourth-order valence-corrected chi connectivity index (χ4v) is 2.58. The minimum atomic E-state index is -1.28. The molecule has 28 heavy (non-hydrogen) atoms. The molecule has 1 unspecified atom stereocenters. The third-order valence-electron chi connectivity index (χ3n) is 3.73. The van der Waals surface area contributed by atoms with E-state index in [1.165, 1.54) is 30.7 Å². The molecule has 142 valence electrons. The standard InChI is InChI=1S/C19H13ClN2O6/c20-15-7-6-14(10-16(15)22(25)26)21-18(23)17(12-4-2-1-3-5-12)28-19(24)13-8-9-27-11-13/h1-11,17H,(H,21,23). The van der Waals surface area contributed by atoms with Crippen molar-refractivity contribution in [1.82, 2.24) is 0 Å². The highest BCUT2D eigenvalue weighted by atomic mass is 35.5. The van der Waals surface area contributed by atoms with Gasteiger partial charge in [0, 0.05) is 17.3 Å². The molecular weight excluding hydrogens is 388 g/mol. The predicted octanol–water partition coefficient (Wildman–Crippen LogP) is 4.38. The molecule has 0 fully saturated rings. The first-order valence-electron chi connectivity index (χ1n) is 7.98. The van der Waals surface area contributed by atoms with Crippen LogP contribution in [0.5, 0.6) is 0 Å². The molecule has 1 atom stereocenters. The van der Waals surface area contributed by atoms with Gasteiger partial charge in [-0.15, -0.1) is 0 Å². The Morgan fingerprint density at radius 3 is 2.54 bits per heavy atom. The van der Waals surface area contributed by atoms with E-state index in [4.69, 9.17) is 20.8 Å². The van der Waals surface area contributed by atoms with Crippen LogP contribution in [0.1, 0.15) is 22.0 Å². The van der Waals surface area contributed by atoms with Crippen LogP contribution >= 0.6 is 11.6 Å². The number of anilines is 1. The number of nitrogens with zero attached hydrogens (tertiary/aromatic N) is 1. The Labute approximate surface area is 163 Å². The van der Waals surface area contributed by atoms with Gasteiger partial charge in [0.25, 0.3) is 11.6 Å². The molecule has 3 rings (SSSR count). The minimum absolute atomic E-state index is 0.0611. The zero-order chi connectivity index (χ0) is 20.1. The van der Waals surface area contributed by atoms with Crippen molar-refractivity contribution >= 4 is 34.9 Å². The monoisotopic (exact) mass is 400 g/mol. The number of nitro groups is 1. The Morgan fingerprint density at radius 2 is 1.89 bits per heavy atom. The molecule has 2 aromatic carbocycles. The van der Waals surface area contributed by atoms with Crippen LogP contribution in [0, 0.1) is 10.1 Å². The Bertz CT molecular complexity index is 1000. The number of nitrogens with one attached hydrogen (secondary N) is 1. The van der Waals surface area contributed by atoms with Gasteiger partial charge in [-0.1, -0.05) is 41.9 Å². The van der Waals surface area contributed by atoms with E-state index in [2.05, 4.69) is 5.32 Å². The lowest BCUT2D eigenvalue weighted by molar-refractivity contribution is -0.384. The fourth-order valence-electron chi connectivity index (χ4n) is 2.39. The van der Waals surface area contributed by atoms with Gasteiger partial charge in [-0.3, -0.25) is 14.9 Å². The first-order chi connectivity index (χ1) is 13.5. The number of carbonyl (C=O) groups excluding carboxylic acids is 2. The summed E-state index contributed by atoms with van der Waals surface area (Å²) in [6, 6.07) is 13.6. The van der Waals surface area contributed by atoms with E-state index in [0.717, 1.165) is 6.07 Å². The topological polar surface area (TPSA) is 112 Å². The maximum atomic E-state index is 12.8. The highest BCUT2D eigenvalue weighted by Gasteiger charge is 2.27. The van der Waals surface area contributed by atoms with Gasteiger partial charge in [-0.25, -0.2) is 4.79 Å². The average molecular weight is 401 g/mol. The number of carbonyl (C=O) groups is 2. The highest BCUT2D eigenvalue weighted by Crippen LogP contribution is 2.28. The van der Waals surface area contributed by atoms with Crippen molar-refractivity contribution in [2.75, 3.05) is 5.32 Å². The largest absolute Gasteiger partial charge is 0.472 e. The number of ether oxygens (including phenoxy) is 1. The van der Waals surface area contributed by atoms with Gasteiger partial charge in [-0.05, 0) is 18.2 Å². The number of hydrogen-bond acceptors (Lipinski definition) is 6. The molecule has 0 spiro atoms. The molecule has 1 amide bonds. The molecule has 1 aromatic heterocycles. The van der Waals surface area contributed by atoms with Crippen LogP contribution in [0.15, 0.2) is 71.5 Å². The number of nitro benzene ring substituents is 1. The van der Waals surface area contributed by atoms with Crippen LogP contribution in [0.2, 0.25) is 5.02 Å². The Kier molecular flexibility index (Phi) is 5.71. The van der Waals surface area contributed by atoms with Crippen LogP contribution in [0.25, 0.3) is 0 Å². The summed E-state index contributed by atoms with van der Waals surface area (Å²) in [5.41, 5.74) is 0.365. The van der Waals surface area contributed by atoms with E-state index in [9.17, 15) is 19.7 Å². The second-order valence-electron chi connectivity index (χ2n) is 5.62. The number of furan rings is 1. The molecule has 0 saturated carbocycles. The summed E-state index contributed by atoms with van der Waals surface area (Å²) in [5.74, 6) is -1.43. The van der Waals surface area contributed by atoms with Crippen LogP contribution in [-0.4, -0.2) is 16.8 Å². The van der Waals surface area contributed by atoms with Crippen molar-refractivity contribution in [3.63, 3.8) is 0 Å². The fraction of sp³-hybridized carbons (Fsp3) is 0.0526. The second-order valence-corrected chi connectivity index (χ2v) is 6.03. The molecule has 0 saturated heterocycles. The van der Waals surface area contributed by atoms with E-state index < -0.39 is 22.9 Å². The normalized spacial score (nSPS) is 11.5. The number of halogens is 1.